The van der Waals surface area contributed by atoms with Crippen molar-refractivity contribution in [1.29, 1.82) is 0 Å². The molecule has 0 atom stereocenters. The highest BCUT2D eigenvalue weighted by molar-refractivity contribution is 6.03. The van der Waals surface area contributed by atoms with Gasteiger partial charge in [-0.3, -0.25) is 24.2 Å². The van der Waals surface area contributed by atoms with E-state index in [9.17, 15) is 14.0 Å². The van der Waals surface area contributed by atoms with Crippen molar-refractivity contribution in [3.63, 3.8) is 0 Å². The molecule has 0 aliphatic carbocycles. The van der Waals surface area contributed by atoms with Crippen LogP contribution in [-0.2, 0) is 18.5 Å². The molecule has 4 aromatic rings. The number of hydrogen-bond acceptors (Lipinski definition) is 8. The van der Waals surface area contributed by atoms with Crippen LogP contribution in [0.5, 0.6) is 0 Å². The number of benzene rings is 1. The van der Waals surface area contributed by atoms with Crippen LogP contribution in [0, 0.1) is 5.82 Å². The van der Waals surface area contributed by atoms with Gasteiger partial charge in [0.05, 0.1) is 35.5 Å². The van der Waals surface area contributed by atoms with Crippen molar-refractivity contribution in [3.8, 4) is 11.3 Å². The molecular formula is C26H28FN9O2. The molecule has 0 saturated heterocycles. The molecule has 1 amide bonds. The molecule has 38 heavy (non-hydrogen) atoms. The minimum absolute atomic E-state index is 0.0531. The number of H-pyrrole nitrogens is 1. The Hall–Kier alpha value is -4.45. The van der Waals surface area contributed by atoms with Crippen LogP contribution < -0.4 is 16.2 Å². The molecule has 0 saturated carbocycles. The van der Waals surface area contributed by atoms with Gasteiger partial charge in [-0.25, -0.2) is 14.5 Å². The van der Waals surface area contributed by atoms with E-state index < -0.39 is 17.3 Å². The van der Waals surface area contributed by atoms with Crippen molar-refractivity contribution in [2.45, 2.75) is 39.3 Å². The van der Waals surface area contributed by atoms with Crippen molar-refractivity contribution in [2.24, 2.45) is 0 Å². The van der Waals surface area contributed by atoms with E-state index in [0.717, 1.165) is 31.0 Å². The first kappa shape index (κ1) is 25.2. The Labute approximate surface area is 218 Å². The fraction of sp³-hybridized carbons (Fsp3) is 0.308. The third kappa shape index (κ3) is 5.30. The zero-order chi connectivity index (χ0) is 27.0. The summed E-state index contributed by atoms with van der Waals surface area (Å²) in [5.41, 5.74) is 2.25. The van der Waals surface area contributed by atoms with E-state index in [1.165, 1.54) is 30.6 Å². The van der Waals surface area contributed by atoms with Crippen molar-refractivity contribution >= 4 is 23.1 Å². The normalized spacial score (nSPS) is 13.7. The quantitative estimate of drug-likeness (QED) is 0.367. The average molecular weight is 518 g/mol. The van der Waals surface area contributed by atoms with Crippen LogP contribution in [0.4, 0.5) is 21.6 Å². The Balaban J connectivity index is 1.37. The lowest BCUT2D eigenvalue weighted by Gasteiger charge is -2.22. The van der Waals surface area contributed by atoms with Crippen molar-refractivity contribution in [3.05, 3.63) is 76.0 Å². The summed E-state index contributed by atoms with van der Waals surface area (Å²) in [6.07, 6.45) is 2.90. The van der Waals surface area contributed by atoms with Crippen LogP contribution in [0.1, 0.15) is 42.6 Å². The zero-order valence-corrected chi connectivity index (χ0v) is 21.5. The first-order valence-electron chi connectivity index (χ1n) is 12.1. The summed E-state index contributed by atoms with van der Waals surface area (Å²) in [5, 5.41) is 16.7. The number of halogens is 1. The van der Waals surface area contributed by atoms with E-state index in [-0.39, 0.29) is 22.5 Å². The first-order chi connectivity index (χ1) is 18.1. The van der Waals surface area contributed by atoms with E-state index in [2.05, 4.69) is 40.8 Å². The fourth-order valence-corrected chi connectivity index (χ4v) is 4.04. The molecule has 0 unspecified atom stereocenters. The Kier molecular flexibility index (Phi) is 6.49. The van der Waals surface area contributed by atoms with E-state index in [1.54, 1.807) is 6.07 Å². The molecule has 0 radical (unpaired) electrons. The van der Waals surface area contributed by atoms with Crippen molar-refractivity contribution in [2.75, 3.05) is 24.2 Å². The lowest BCUT2D eigenvalue weighted by Crippen LogP contribution is -2.30. The summed E-state index contributed by atoms with van der Waals surface area (Å²) < 4.78 is 16.5. The highest BCUT2D eigenvalue weighted by Gasteiger charge is 2.19. The van der Waals surface area contributed by atoms with Crippen LogP contribution in [0.2, 0.25) is 0 Å². The van der Waals surface area contributed by atoms with Gasteiger partial charge in [-0.15, -0.1) is 0 Å². The SMILES string of the molecule is CN1CCn2nc(Nc3cc(-c4ccc(F)c(NC(=O)c5cnc(C(C)(C)C)cn5)c4)n[nH]c3=O)cc2C1. The Morgan fingerprint density at radius 2 is 1.89 bits per heavy atom. The Bertz CT molecular complexity index is 1550. The number of carbonyl (C=O) groups is 1. The van der Waals surface area contributed by atoms with Gasteiger partial charge in [0.25, 0.3) is 11.5 Å². The Morgan fingerprint density at radius 3 is 2.63 bits per heavy atom. The number of likely N-dealkylation sites (N-methyl/N-ethyl adjacent to an activating group) is 1. The van der Waals surface area contributed by atoms with Gasteiger partial charge in [-0.05, 0) is 31.3 Å². The van der Waals surface area contributed by atoms with Crippen molar-refractivity contribution in [1.82, 2.24) is 34.8 Å². The molecule has 3 aromatic heterocycles. The number of aromatic amines is 1. The van der Waals surface area contributed by atoms with Crippen LogP contribution in [0.25, 0.3) is 11.3 Å². The zero-order valence-electron chi connectivity index (χ0n) is 21.5. The van der Waals surface area contributed by atoms with Gasteiger partial charge in [0.2, 0.25) is 0 Å². The number of nitrogens with one attached hydrogen (secondary N) is 3. The standard InChI is InChI=1S/C26H28FN9O2/c1-26(2,3)22-13-28-21(12-29-22)24(37)31-19-9-15(5-6-17(19)27)18-11-20(25(38)33-32-18)30-23-10-16-14-35(4)7-8-36(16)34-23/h5-6,9-13H,7-8,14H2,1-4H3,(H,31,37)(H,33,38)(H,30,32,34). The number of rotatable bonds is 5. The Morgan fingerprint density at radius 1 is 1.08 bits per heavy atom. The maximum Gasteiger partial charge on any atom is 0.287 e. The molecule has 4 heterocycles. The van der Waals surface area contributed by atoms with Crippen LogP contribution in [-0.4, -0.2) is 54.3 Å². The van der Waals surface area contributed by atoms with Crippen LogP contribution in [0.3, 0.4) is 0 Å². The van der Waals surface area contributed by atoms with Gasteiger partial charge < -0.3 is 10.6 Å². The van der Waals surface area contributed by atoms with E-state index in [0.29, 0.717) is 17.1 Å². The molecule has 12 heteroatoms. The molecule has 11 nitrogen and oxygen atoms in total. The summed E-state index contributed by atoms with van der Waals surface area (Å²) in [4.78, 5) is 35.8. The molecule has 3 N–H and O–H groups in total. The minimum Gasteiger partial charge on any atom is -0.334 e. The number of carbonyl (C=O) groups excluding carboxylic acids is 1. The molecule has 0 fully saturated rings. The minimum atomic E-state index is -0.627. The molecule has 196 valence electrons. The molecule has 0 spiro atoms. The summed E-state index contributed by atoms with van der Waals surface area (Å²) in [5.74, 6) is -0.679. The third-order valence-corrected chi connectivity index (χ3v) is 6.22. The predicted octanol–water partition coefficient (Wildman–Crippen LogP) is 3.30. The molecule has 1 aromatic carbocycles. The van der Waals surface area contributed by atoms with Crippen LogP contribution in [0.15, 0.2) is 47.5 Å². The lowest BCUT2D eigenvalue weighted by atomic mass is 9.93. The lowest BCUT2D eigenvalue weighted by molar-refractivity contribution is 0.102. The summed E-state index contributed by atoms with van der Waals surface area (Å²) in [6, 6.07) is 7.63. The predicted molar refractivity (Wildman–Crippen MR) is 141 cm³/mol. The summed E-state index contributed by atoms with van der Waals surface area (Å²) in [7, 11) is 2.04. The average Bonchev–Trinajstić information content (AvgIpc) is 3.27. The smallest absolute Gasteiger partial charge is 0.287 e. The van der Waals surface area contributed by atoms with Gasteiger partial charge in [-0.1, -0.05) is 20.8 Å². The molecule has 0 bridgehead atoms. The monoisotopic (exact) mass is 517 g/mol. The topological polar surface area (TPSA) is 134 Å². The highest BCUT2D eigenvalue weighted by Crippen LogP contribution is 2.26. The summed E-state index contributed by atoms with van der Waals surface area (Å²) in [6.45, 7) is 8.40. The van der Waals surface area contributed by atoms with Gasteiger partial charge >= 0.3 is 0 Å². The molecule has 1 aliphatic heterocycles. The molecular weight excluding hydrogens is 489 g/mol. The van der Waals surface area contributed by atoms with Gasteiger partial charge in [0.15, 0.2) is 5.82 Å². The third-order valence-electron chi connectivity index (χ3n) is 6.22. The maximum absolute atomic E-state index is 14.6. The van der Waals surface area contributed by atoms with Gasteiger partial charge in [0, 0.05) is 36.3 Å². The number of anilines is 3. The van der Waals surface area contributed by atoms with E-state index >= 15 is 0 Å². The maximum atomic E-state index is 14.6. The fourth-order valence-electron chi connectivity index (χ4n) is 4.04. The second-order valence-electron chi connectivity index (χ2n) is 10.3. The summed E-state index contributed by atoms with van der Waals surface area (Å²) >= 11 is 0. The number of fused-ring (bicyclic) bond motifs is 1. The number of amides is 1. The largest absolute Gasteiger partial charge is 0.334 e. The second kappa shape index (κ2) is 9.78. The van der Waals surface area contributed by atoms with Crippen LogP contribution >= 0.6 is 0 Å². The second-order valence-corrected chi connectivity index (χ2v) is 10.3. The molecule has 1 aliphatic rings. The van der Waals surface area contributed by atoms with E-state index in [1.807, 2.05) is 38.6 Å². The molecule has 5 rings (SSSR count). The van der Waals surface area contributed by atoms with Gasteiger partial charge in [0.1, 0.15) is 17.2 Å². The van der Waals surface area contributed by atoms with Crippen molar-refractivity contribution < 1.29 is 9.18 Å². The van der Waals surface area contributed by atoms with E-state index in [4.69, 9.17) is 0 Å². The van der Waals surface area contributed by atoms with Gasteiger partial charge in [-0.2, -0.15) is 10.2 Å². The highest BCUT2D eigenvalue weighted by atomic mass is 19.1. The number of nitrogens with zero attached hydrogens (tertiary/aromatic N) is 6. The first-order valence-corrected chi connectivity index (χ1v) is 12.1. The number of hydrogen-bond donors (Lipinski definition) is 3. The number of aromatic nitrogens is 6.